The van der Waals surface area contributed by atoms with E-state index in [1.165, 1.54) is 11.1 Å². The SMILES string of the molecule is COc1cc(N2CCC(N3CCN(C(=O)CCCCC(=O)NC(C(=O)N4C[C@H](O)C[C@H]4C(=O)NCc4ccc(-c5scnc5C)cc4)C(C)(C)C)CC3)CC2)ccc1Nc1ncc(Cl)c(Nc2ccccc2P(C)(C)=O)n1. The number of nitrogens with zero attached hydrogens (tertiary/aromatic N) is 7. The Kier molecular flexibility index (Phi) is 18.6. The molecule has 0 bridgehead atoms. The Bertz CT molecular complexity index is 2930. The van der Waals surface area contributed by atoms with Gasteiger partial charge in [0.15, 0.2) is 5.82 Å². The Balaban J connectivity index is 0.745. The summed E-state index contributed by atoms with van der Waals surface area (Å²) in [5.74, 6) is 0.360. The van der Waals surface area contributed by atoms with Crippen LogP contribution in [0.1, 0.15) is 77.0 Å². The van der Waals surface area contributed by atoms with Crippen LogP contribution in [0.3, 0.4) is 0 Å². The Hall–Kier alpha value is -6.11. The van der Waals surface area contributed by atoms with Gasteiger partial charge < -0.3 is 50.4 Å². The number of carbonyl (C=O) groups excluding carboxylic acids is 4. The molecule has 8 rings (SSSR count). The zero-order valence-corrected chi connectivity index (χ0v) is 47.6. The number of aromatic nitrogens is 3. The number of rotatable bonds is 19. The maximum Gasteiger partial charge on any atom is 0.246 e. The number of β-amino-alcohol motifs (C(OH)–C–C–N with tert-alkyl or cyclic N) is 1. The number of piperidine rings is 1. The van der Waals surface area contributed by atoms with Gasteiger partial charge in [-0.3, -0.25) is 24.1 Å². The fourth-order valence-electron chi connectivity index (χ4n) is 10.4. The number of nitrogens with one attached hydrogen (secondary N) is 4. The molecule has 3 aromatic carbocycles. The number of carbonyl (C=O) groups is 4. The lowest BCUT2D eigenvalue weighted by atomic mass is 9.85. The number of ether oxygens (including phenoxy) is 1. The summed E-state index contributed by atoms with van der Waals surface area (Å²) in [5, 5.41) is 24.1. The lowest BCUT2D eigenvalue weighted by molar-refractivity contribution is -0.144. The van der Waals surface area contributed by atoms with Crippen molar-refractivity contribution >= 4 is 87.8 Å². The van der Waals surface area contributed by atoms with Crippen molar-refractivity contribution in [2.24, 2.45) is 5.41 Å². The van der Waals surface area contributed by atoms with Crippen LogP contribution < -0.4 is 36.2 Å². The summed E-state index contributed by atoms with van der Waals surface area (Å²) in [6, 6.07) is 20.0. The number of piperazine rings is 1. The van der Waals surface area contributed by atoms with Crippen molar-refractivity contribution in [1.82, 2.24) is 40.3 Å². The first kappa shape index (κ1) is 57.1. The van der Waals surface area contributed by atoms with E-state index in [9.17, 15) is 28.8 Å². The van der Waals surface area contributed by atoms with E-state index >= 15 is 0 Å². The van der Waals surface area contributed by atoms with Crippen LogP contribution in [0.15, 0.2) is 78.4 Å². The topological polar surface area (TPSA) is 215 Å². The average molecular weight is 1110 g/mol. The van der Waals surface area contributed by atoms with E-state index in [4.69, 9.17) is 16.3 Å². The molecule has 412 valence electrons. The van der Waals surface area contributed by atoms with Crippen molar-refractivity contribution in [3.05, 3.63) is 94.7 Å². The molecule has 3 fully saturated rings. The third kappa shape index (κ3) is 14.5. The van der Waals surface area contributed by atoms with Crippen molar-refractivity contribution in [3.63, 3.8) is 0 Å². The predicted octanol–water partition coefficient (Wildman–Crippen LogP) is 7.79. The van der Waals surface area contributed by atoms with Crippen LogP contribution in [-0.4, -0.2) is 149 Å². The van der Waals surface area contributed by atoms with Gasteiger partial charge in [0.25, 0.3) is 0 Å². The van der Waals surface area contributed by atoms with Crippen LogP contribution in [0.2, 0.25) is 5.02 Å². The zero-order chi connectivity index (χ0) is 55.0. The first-order valence-corrected chi connectivity index (χ1v) is 30.3. The standard InChI is InChI=1S/C56H73ClN11O7PS/c1-36-50(77-35-60-36)38-18-16-37(17-19-38)32-58-53(72)45-31-41(69)34-68(45)54(73)51(56(2,3)4)63-48(70)14-10-11-15-49(71)67-28-26-66(27-29-67)39-22-24-65(25-23-39)40-20-21-43(46(30-40)75-5)62-55-59-33-42(57)52(64-55)61-44-12-8-9-13-47(44)76(6,7)74/h8-9,12-13,16-21,30,33,35,39,41,45,51,69H,10-11,14-15,22-29,31-32,34H2,1-7H3,(H,58,72)(H,63,70)(H2,59,61,62,64)/t41-,45+,51?/m1/s1. The van der Waals surface area contributed by atoms with Crippen molar-refractivity contribution in [2.75, 3.05) is 81.8 Å². The van der Waals surface area contributed by atoms with Crippen molar-refractivity contribution in [2.45, 2.75) is 103 Å². The minimum atomic E-state index is -2.57. The van der Waals surface area contributed by atoms with Gasteiger partial charge in [-0.05, 0) is 86.7 Å². The van der Waals surface area contributed by atoms with Gasteiger partial charge in [-0.1, -0.05) is 68.8 Å². The van der Waals surface area contributed by atoms with Crippen molar-refractivity contribution in [1.29, 1.82) is 0 Å². The third-order valence-electron chi connectivity index (χ3n) is 14.7. The number of unbranched alkanes of at least 4 members (excludes halogenated alkanes) is 1. The average Bonchev–Trinajstić information content (AvgIpc) is 4.04. The molecule has 3 saturated heterocycles. The molecule has 18 nitrogen and oxygen atoms in total. The van der Waals surface area contributed by atoms with Crippen LogP contribution in [0.5, 0.6) is 5.75 Å². The number of aliphatic hydroxyl groups is 1. The van der Waals surface area contributed by atoms with Crippen LogP contribution in [0.25, 0.3) is 10.4 Å². The highest BCUT2D eigenvalue weighted by molar-refractivity contribution is 7.70. The lowest BCUT2D eigenvalue weighted by Gasteiger charge is -2.43. The quantitative estimate of drug-likeness (QED) is 0.0395. The van der Waals surface area contributed by atoms with Gasteiger partial charge in [0, 0.05) is 94.7 Å². The number of methoxy groups -OCH3 is 1. The zero-order valence-electron chi connectivity index (χ0n) is 45.2. The summed E-state index contributed by atoms with van der Waals surface area (Å²) in [5.41, 5.74) is 6.47. The van der Waals surface area contributed by atoms with Gasteiger partial charge in [0.1, 0.15) is 30.0 Å². The first-order chi connectivity index (χ1) is 36.7. The molecule has 5 aromatic rings. The lowest BCUT2D eigenvalue weighted by Crippen LogP contribution is -2.57. The minimum Gasteiger partial charge on any atom is -0.494 e. The molecule has 5 N–H and O–H groups in total. The molecule has 0 radical (unpaired) electrons. The second-order valence-corrected chi connectivity index (χ2v) is 26.1. The smallest absolute Gasteiger partial charge is 0.246 e. The first-order valence-electron chi connectivity index (χ1n) is 26.5. The molecule has 3 aliphatic rings. The normalized spacial score (nSPS) is 18.0. The number of aryl methyl sites for hydroxylation is 1. The summed E-state index contributed by atoms with van der Waals surface area (Å²) in [6.07, 6.45) is 4.26. The fourth-order valence-corrected chi connectivity index (χ4v) is 12.5. The van der Waals surface area contributed by atoms with Crippen LogP contribution in [0.4, 0.5) is 28.8 Å². The number of benzene rings is 3. The van der Waals surface area contributed by atoms with E-state index in [1.807, 2.05) is 98.8 Å². The molecule has 0 aliphatic carbocycles. The highest BCUT2D eigenvalue weighted by Gasteiger charge is 2.44. The summed E-state index contributed by atoms with van der Waals surface area (Å²) < 4.78 is 18.8. The maximum atomic E-state index is 14.1. The second-order valence-electron chi connectivity index (χ2n) is 21.7. The molecule has 3 aliphatic heterocycles. The van der Waals surface area contributed by atoms with Crippen LogP contribution in [-0.2, 0) is 30.3 Å². The van der Waals surface area contributed by atoms with Crippen LogP contribution >= 0.6 is 30.1 Å². The molecule has 1 unspecified atom stereocenters. The Morgan fingerprint density at radius 3 is 2.30 bits per heavy atom. The molecule has 21 heteroatoms. The molecule has 2 aromatic heterocycles. The number of thiazole rings is 1. The summed E-state index contributed by atoms with van der Waals surface area (Å²) in [4.78, 5) is 77.0. The van der Waals surface area contributed by atoms with Gasteiger partial charge in [-0.15, -0.1) is 11.3 Å². The van der Waals surface area contributed by atoms with Gasteiger partial charge >= 0.3 is 0 Å². The van der Waals surface area contributed by atoms with Crippen molar-refractivity contribution < 1.29 is 33.6 Å². The Morgan fingerprint density at radius 2 is 1.62 bits per heavy atom. The second kappa shape index (κ2) is 25.1. The van der Waals surface area contributed by atoms with E-state index < -0.39 is 36.7 Å². The summed E-state index contributed by atoms with van der Waals surface area (Å²) in [6.45, 7) is 16.0. The Morgan fingerprint density at radius 1 is 0.909 bits per heavy atom. The highest BCUT2D eigenvalue weighted by atomic mass is 35.5. The van der Waals surface area contributed by atoms with E-state index in [0.29, 0.717) is 77.6 Å². The number of likely N-dealkylation sites (tertiary alicyclic amines) is 1. The number of anilines is 5. The fraction of sp³-hybridized carbons (Fsp3) is 0.482. The van der Waals surface area contributed by atoms with E-state index in [1.54, 1.807) is 31.8 Å². The largest absolute Gasteiger partial charge is 0.494 e. The number of aliphatic hydroxyl groups excluding tert-OH is 1. The number of hydrogen-bond donors (Lipinski definition) is 5. The molecule has 0 spiro atoms. The van der Waals surface area contributed by atoms with Gasteiger partial charge in [-0.25, -0.2) is 9.97 Å². The van der Waals surface area contributed by atoms with E-state index in [-0.39, 0.29) is 43.7 Å². The molecule has 3 atom stereocenters. The molecular formula is C56H73ClN11O7PS. The third-order valence-corrected chi connectivity index (χ3v) is 17.5. The molecule has 5 heterocycles. The predicted molar refractivity (Wildman–Crippen MR) is 306 cm³/mol. The van der Waals surface area contributed by atoms with Gasteiger partial charge in [0.05, 0.1) is 46.9 Å². The highest BCUT2D eigenvalue weighted by Crippen LogP contribution is 2.39. The molecule has 0 saturated carbocycles. The van der Waals surface area contributed by atoms with Gasteiger partial charge in [0.2, 0.25) is 29.6 Å². The summed E-state index contributed by atoms with van der Waals surface area (Å²) in [7, 11) is -0.942. The van der Waals surface area contributed by atoms with E-state index in [0.717, 1.165) is 66.4 Å². The number of halogens is 1. The monoisotopic (exact) mass is 1110 g/mol. The molecule has 4 amide bonds. The van der Waals surface area contributed by atoms with Crippen LogP contribution in [0, 0.1) is 12.3 Å². The van der Waals surface area contributed by atoms with Gasteiger partial charge in [-0.2, -0.15) is 4.98 Å². The van der Waals surface area contributed by atoms with Crippen molar-refractivity contribution in [3.8, 4) is 16.2 Å². The number of hydrogen-bond acceptors (Lipinski definition) is 15. The summed E-state index contributed by atoms with van der Waals surface area (Å²) >= 11 is 8.07. The Labute approximate surface area is 461 Å². The molecule has 77 heavy (non-hydrogen) atoms. The maximum absolute atomic E-state index is 14.1. The number of amides is 4. The minimum absolute atomic E-state index is 0.00337. The van der Waals surface area contributed by atoms with E-state index in [2.05, 4.69) is 52.1 Å². The molecular weight excluding hydrogens is 1040 g/mol. The number of para-hydroxylation sites is 1.